The second-order valence-electron chi connectivity index (χ2n) is 7.33. The normalized spacial score (nSPS) is 14.3. The van der Waals surface area contributed by atoms with Gasteiger partial charge in [-0.05, 0) is 49.2 Å². The van der Waals surface area contributed by atoms with Crippen LogP contribution < -0.4 is 5.32 Å². The van der Waals surface area contributed by atoms with Gasteiger partial charge in [0.25, 0.3) is 5.22 Å². The van der Waals surface area contributed by atoms with E-state index in [1.54, 1.807) is 47.4 Å². The summed E-state index contributed by atoms with van der Waals surface area (Å²) in [6, 6.07) is 13.7. The summed E-state index contributed by atoms with van der Waals surface area (Å²) in [7, 11) is 0. The molecule has 0 bridgehead atoms. The maximum Gasteiger partial charge on any atom is 0.277 e. The van der Waals surface area contributed by atoms with Crippen LogP contribution in [0.4, 0.5) is 5.69 Å². The maximum absolute atomic E-state index is 12.6. The molecule has 1 saturated heterocycles. The maximum atomic E-state index is 12.6. The first-order chi connectivity index (χ1) is 15.5. The van der Waals surface area contributed by atoms with E-state index >= 15 is 0 Å². The van der Waals surface area contributed by atoms with Crippen LogP contribution >= 0.6 is 23.4 Å². The quantitative estimate of drug-likeness (QED) is 0.411. The summed E-state index contributed by atoms with van der Waals surface area (Å²) in [5, 5.41) is 21.5. The lowest BCUT2D eigenvalue weighted by Crippen LogP contribution is -2.42. The number of hydrogen-bond acceptors (Lipinski definition) is 7. The number of benzene rings is 2. The van der Waals surface area contributed by atoms with Crippen molar-refractivity contribution in [3.8, 4) is 17.2 Å². The average molecular weight is 473 g/mol. The van der Waals surface area contributed by atoms with E-state index < -0.39 is 0 Å². The Hall–Kier alpha value is -3.04. The molecular weight excluding hydrogens is 452 g/mol. The Morgan fingerprint density at radius 1 is 1.12 bits per heavy atom. The molecule has 0 atom stereocenters. The van der Waals surface area contributed by atoms with Crippen molar-refractivity contribution in [1.82, 2.24) is 15.1 Å². The molecule has 2 aromatic carbocycles. The van der Waals surface area contributed by atoms with Crippen molar-refractivity contribution in [2.24, 2.45) is 5.92 Å². The van der Waals surface area contributed by atoms with Crippen LogP contribution in [-0.2, 0) is 9.59 Å². The molecule has 10 heteroatoms. The predicted octanol–water partition coefficient (Wildman–Crippen LogP) is 4.07. The van der Waals surface area contributed by atoms with E-state index in [1.807, 2.05) is 0 Å². The fourth-order valence-electron chi connectivity index (χ4n) is 3.40. The third-order valence-corrected chi connectivity index (χ3v) is 6.25. The van der Waals surface area contributed by atoms with Crippen LogP contribution in [0, 0.1) is 5.92 Å². The minimum Gasteiger partial charge on any atom is -0.506 e. The van der Waals surface area contributed by atoms with Gasteiger partial charge in [-0.1, -0.05) is 35.5 Å². The van der Waals surface area contributed by atoms with Gasteiger partial charge in [0.2, 0.25) is 17.7 Å². The highest BCUT2D eigenvalue weighted by Crippen LogP contribution is 2.27. The lowest BCUT2D eigenvalue weighted by molar-refractivity contribution is -0.132. The van der Waals surface area contributed by atoms with Crippen LogP contribution in [0.2, 0.25) is 5.02 Å². The van der Waals surface area contributed by atoms with Gasteiger partial charge in [-0.25, -0.2) is 0 Å². The lowest BCUT2D eigenvalue weighted by Gasteiger charge is -2.31. The summed E-state index contributed by atoms with van der Waals surface area (Å²) in [5.74, 6) is 0.189. The highest BCUT2D eigenvalue weighted by molar-refractivity contribution is 7.99. The summed E-state index contributed by atoms with van der Waals surface area (Å²) in [4.78, 5) is 26.8. The van der Waals surface area contributed by atoms with Crippen molar-refractivity contribution in [2.45, 2.75) is 18.1 Å². The number of carbonyl (C=O) groups excluding carboxylic acids is 2. The summed E-state index contributed by atoms with van der Waals surface area (Å²) in [5.41, 5.74) is 1.15. The number of phenols is 1. The summed E-state index contributed by atoms with van der Waals surface area (Å²) >= 11 is 7.07. The van der Waals surface area contributed by atoms with Gasteiger partial charge in [0.05, 0.1) is 11.4 Å². The second-order valence-corrected chi connectivity index (χ2v) is 8.69. The monoisotopic (exact) mass is 472 g/mol. The molecule has 0 spiro atoms. The first-order valence-electron chi connectivity index (χ1n) is 10.1. The Morgan fingerprint density at radius 2 is 1.84 bits per heavy atom. The zero-order valence-electron chi connectivity index (χ0n) is 17.0. The van der Waals surface area contributed by atoms with E-state index in [1.165, 1.54) is 17.8 Å². The van der Waals surface area contributed by atoms with Crippen molar-refractivity contribution in [3.05, 3.63) is 53.6 Å². The average Bonchev–Trinajstić information content (AvgIpc) is 3.28. The zero-order valence-corrected chi connectivity index (χ0v) is 18.6. The predicted molar refractivity (Wildman–Crippen MR) is 122 cm³/mol. The highest BCUT2D eigenvalue weighted by atomic mass is 35.5. The van der Waals surface area contributed by atoms with Gasteiger partial charge in [-0.15, -0.1) is 10.2 Å². The van der Waals surface area contributed by atoms with Crippen molar-refractivity contribution in [2.75, 3.05) is 24.2 Å². The molecule has 0 aliphatic carbocycles. The van der Waals surface area contributed by atoms with Gasteiger partial charge in [0.1, 0.15) is 5.75 Å². The minimum atomic E-state index is -0.204. The van der Waals surface area contributed by atoms with Gasteiger partial charge in [0, 0.05) is 29.6 Å². The Bertz CT molecular complexity index is 1100. The van der Waals surface area contributed by atoms with Crippen LogP contribution in [0.1, 0.15) is 12.8 Å². The van der Waals surface area contributed by atoms with Crippen LogP contribution in [-0.4, -0.2) is 50.9 Å². The van der Waals surface area contributed by atoms with Crippen molar-refractivity contribution < 1.29 is 19.1 Å². The van der Waals surface area contributed by atoms with E-state index in [2.05, 4.69) is 15.5 Å². The molecule has 3 aromatic rings. The van der Waals surface area contributed by atoms with Crippen molar-refractivity contribution >= 4 is 40.9 Å². The highest BCUT2D eigenvalue weighted by Gasteiger charge is 2.28. The second kappa shape index (κ2) is 10.1. The zero-order chi connectivity index (χ0) is 22.5. The summed E-state index contributed by atoms with van der Waals surface area (Å²) < 4.78 is 5.62. The number of likely N-dealkylation sites (tertiary alicyclic amines) is 1. The van der Waals surface area contributed by atoms with Gasteiger partial charge in [0.15, 0.2) is 0 Å². The van der Waals surface area contributed by atoms with E-state index in [-0.39, 0.29) is 29.2 Å². The molecule has 1 aliphatic rings. The standard InChI is InChI=1S/C22H21ClN4O4S/c23-16-7-5-15(6-8-16)21-25-26-22(31-21)32-13-19(29)27-11-9-14(10-12-27)20(30)24-17-3-1-2-4-18(17)28/h1-8,14,28H,9-13H2,(H,24,30). The van der Waals surface area contributed by atoms with E-state index in [4.69, 9.17) is 16.0 Å². The largest absolute Gasteiger partial charge is 0.506 e. The molecule has 0 unspecified atom stereocenters. The lowest BCUT2D eigenvalue weighted by atomic mass is 9.96. The molecular formula is C22H21ClN4O4S. The molecule has 0 radical (unpaired) electrons. The number of para-hydroxylation sites is 2. The van der Waals surface area contributed by atoms with Gasteiger partial charge < -0.3 is 19.7 Å². The number of rotatable bonds is 6. The van der Waals surface area contributed by atoms with Crippen molar-refractivity contribution in [1.29, 1.82) is 0 Å². The molecule has 166 valence electrons. The molecule has 4 rings (SSSR count). The number of amides is 2. The van der Waals surface area contributed by atoms with Crippen LogP contribution in [0.15, 0.2) is 58.2 Å². The van der Waals surface area contributed by atoms with E-state index in [0.717, 1.165) is 5.56 Å². The number of hydrogen-bond donors (Lipinski definition) is 2. The molecule has 1 aromatic heterocycles. The Balaban J connectivity index is 1.24. The summed E-state index contributed by atoms with van der Waals surface area (Å²) in [6.45, 7) is 0.996. The molecule has 2 amide bonds. The number of halogens is 1. The first kappa shape index (κ1) is 22.2. The number of anilines is 1. The Kier molecular flexibility index (Phi) is 6.96. The number of piperidine rings is 1. The molecule has 32 heavy (non-hydrogen) atoms. The topological polar surface area (TPSA) is 109 Å². The Labute approximate surface area is 194 Å². The van der Waals surface area contributed by atoms with E-state index in [9.17, 15) is 14.7 Å². The molecule has 1 aliphatic heterocycles. The first-order valence-corrected chi connectivity index (χ1v) is 11.4. The molecule has 2 N–H and O–H groups in total. The number of aromatic nitrogens is 2. The molecule has 1 fully saturated rings. The van der Waals surface area contributed by atoms with Gasteiger partial charge in [-0.3, -0.25) is 9.59 Å². The fourth-order valence-corrected chi connectivity index (χ4v) is 4.19. The van der Waals surface area contributed by atoms with Crippen LogP contribution in [0.5, 0.6) is 5.75 Å². The van der Waals surface area contributed by atoms with Crippen LogP contribution in [0.25, 0.3) is 11.5 Å². The van der Waals surface area contributed by atoms with Gasteiger partial charge >= 0.3 is 0 Å². The molecule has 2 heterocycles. The number of thioether (sulfide) groups is 1. The van der Waals surface area contributed by atoms with Crippen LogP contribution in [0.3, 0.4) is 0 Å². The Morgan fingerprint density at radius 3 is 2.56 bits per heavy atom. The minimum absolute atomic E-state index is 0.0331. The van der Waals surface area contributed by atoms with Crippen molar-refractivity contribution in [3.63, 3.8) is 0 Å². The molecule has 0 saturated carbocycles. The molecule has 8 nitrogen and oxygen atoms in total. The number of aromatic hydroxyl groups is 1. The fraction of sp³-hybridized carbons (Fsp3) is 0.273. The number of nitrogens with one attached hydrogen (secondary N) is 1. The third-order valence-electron chi connectivity index (χ3n) is 5.20. The van der Waals surface area contributed by atoms with E-state index in [0.29, 0.717) is 47.8 Å². The number of nitrogens with zero attached hydrogens (tertiary/aromatic N) is 3. The number of phenolic OH excluding ortho intramolecular Hbond substituents is 1. The summed E-state index contributed by atoms with van der Waals surface area (Å²) in [6.07, 6.45) is 1.13. The van der Waals surface area contributed by atoms with Gasteiger partial charge in [-0.2, -0.15) is 0 Å². The third kappa shape index (κ3) is 5.41. The SMILES string of the molecule is O=C(Nc1ccccc1O)C1CCN(C(=O)CSc2nnc(-c3ccc(Cl)cc3)o2)CC1. The smallest absolute Gasteiger partial charge is 0.277 e. The number of carbonyl (C=O) groups is 2.